The van der Waals surface area contributed by atoms with Gasteiger partial charge in [-0.15, -0.1) is 0 Å². The highest BCUT2D eigenvalue weighted by Gasteiger charge is 2.38. The first-order valence-corrected chi connectivity index (χ1v) is 9.88. The van der Waals surface area contributed by atoms with Gasteiger partial charge in [0.2, 0.25) is 0 Å². The van der Waals surface area contributed by atoms with Crippen LogP contribution in [0.1, 0.15) is 29.8 Å². The number of ether oxygens (including phenoxy) is 2. The Kier molecular flexibility index (Phi) is 8.64. The number of carboxylic acids is 1. The number of alkyl halides is 3. The van der Waals surface area contributed by atoms with Crippen molar-refractivity contribution in [2.24, 2.45) is 7.05 Å². The number of nitrogens with zero attached hydrogens (tertiary/aromatic N) is 3. The van der Waals surface area contributed by atoms with Crippen LogP contribution in [-0.4, -0.2) is 64.0 Å². The van der Waals surface area contributed by atoms with Gasteiger partial charge in [-0.2, -0.15) is 13.2 Å². The van der Waals surface area contributed by atoms with Crippen molar-refractivity contribution in [1.82, 2.24) is 14.5 Å². The highest BCUT2D eigenvalue weighted by Crippen LogP contribution is 2.28. The average molecular weight is 457 g/mol. The third-order valence-corrected chi connectivity index (χ3v) is 4.79. The first-order chi connectivity index (χ1) is 15.0. The molecule has 3 rings (SSSR count). The van der Waals surface area contributed by atoms with Crippen molar-refractivity contribution in [2.45, 2.75) is 32.5 Å². The minimum atomic E-state index is -5.08. The fourth-order valence-electron chi connectivity index (χ4n) is 3.26. The summed E-state index contributed by atoms with van der Waals surface area (Å²) in [4.78, 5) is 27.8. The van der Waals surface area contributed by atoms with E-state index in [1.807, 2.05) is 54.6 Å². The molecule has 0 aliphatic carbocycles. The minimum Gasteiger partial charge on any atom is -0.484 e. The summed E-state index contributed by atoms with van der Waals surface area (Å²) in [6.07, 6.45) is -3.28. The number of aromatic nitrogens is 2. The molecule has 2 heterocycles. The average Bonchev–Trinajstić information content (AvgIpc) is 3.12. The summed E-state index contributed by atoms with van der Waals surface area (Å²) in [5.41, 5.74) is 3.13. The Morgan fingerprint density at radius 2 is 1.94 bits per heavy atom. The number of hydrogen-bond acceptors (Lipinski definition) is 5. The molecule has 0 saturated carbocycles. The van der Waals surface area contributed by atoms with Crippen LogP contribution in [0, 0.1) is 6.92 Å². The summed E-state index contributed by atoms with van der Waals surface area (Å²) in [6, 6.07) is 7.72. The number of aryl methyl sites for hydroxylation is 2. The normalized spacial score (nSPS) is 15.4. The second-order valence-electron chi connectivity index (χ2n) is 7.18. The highest BCUT2D eigenvalue weighted by molar-refractivity contribution is 5.78. The van der Waals surface area contributed by atoms with E-state index in [1.54, 1.807) is 6.33 Å². The van der Waals surface area contributed by atoms with E-state index in [-0.39, 0.29) is 18.4 Å². The molecular weight excluding hydrogens is 431 g/mol. The molecule has 1 N–H and O–H groups in total. The summed E-state index contributed by atoms with van der Waals surface area (Å²) in [7, 11) is 1.99. The molecule has 176 valence electrons. The lowest BCUT2D eigenvalue weighted by molar-refractivity contribution is -0.192. The Hall–Kier alpha value is -3.08. The number of halogens is 3. The zero-order valence-corrected chi connectivity index (χ0v) is 18.1. The van der Waals surface area contributed by atoms with Gasteiger partial charge in [-0.1, -0.05) is 18.2 Å². The number of carboxylic acid groups (broad SMARTS) is 1. The van der Waals surface area contributed by atoms with Gasteiger partial charge in [0.25, 0.3) is 5.91 Å². The molecule has 32 heavy (non-hydrogen) atoms. The van der Waals surface area contributed by atoms with Gasteiger partial charge in [0.15, 0.2) is 6.61 Å². The van der Waals surface area contributed by atoms with E-state index >= 15 is 0 Å². The molecule has 1 aliphatic heterocycles. The maximum absolute atomic E-state index is 12.6. The van der Waals surface area contributed by atoms with Crippen LogP contribution in [0.2, 0.25) is 0 Å². The Bertz CT molecular complexity index is 930. The van der Waals surface area contributed by atoms with E-state index in [1.165, 1.54) is 0 Å². The van der Waals surface area contributed by atoms with Crippen molar-refractivity contribution in [2.75, 3.05) is 26.4 Å². The van der Waals surface area contributed by atoms with Crippen molar-refractivity contribution in [3.8, 4) is 5.75 Å². The first kappa shape index (κ1) is 25.2. The molecule has 0 radical (unpaired) electrons. The Labute approximate surface area is 183 Å². The fourth-order valence-corrected chi connectivity index (χ4v) is 3.26. The molecule has 1 aromatic carbocycles. The van der Waals surface area contributed by atoms with Crippen molar-refractivity contribution < 1.29 is 37.3 Å². The zero-order valence-electron chi connectivity index (χ0n) is 18.1. The molecule has 0 bridgehead atoms. The molecule has 2 aromatic rings. The molecule has 8 nitrogen and oxygen atoms in total. The number of carbonyl (C=O) groups is 2. The molecule has 1 atom stereocenters. The second-order valence-corrected chi connectivity index (χ2v) is 7.18. The predicted molar refractivity (Wildman–Crippen MR) is 108 cm³/mol. The molecular formula is C21H26F3N3O5. The van der Waals surface area contributed by atoms with Crippen molar-refractivity contribution in [3.05, 3.63) is 47.5 Å². The number of imidazole rings is 1. The maximum Gasteiger partial charge on any atom is 0.490 e. The molecule has 0 fully saturated rings. The number of rotatable bonds is 6. The lowest BCUT2D eigenvalue weighted by Crippen LogP contribution is -2.42. The fraction of sp³-hybridized carbons (Fsp3) is 0.476. The van der Waals surface area contributed by atoms with Crippen molar-refractivity contribution >= 4 is 11.9 Å². The lowest BCUT2D eigenvalue weighted by Gasteiger charge is -2.32. The SMILES string of the molecule is CCOCC1CN(C(=O)COc2ccccc2C)Cc2ncn(C)c21.O=C(O)C(F)(F)F. The number of para-hydroxylation sites is 1. The van der Waals surface area contributed by atoms with E-state index in [0.717, 1.165) is 22.7 Å². The topological polar surface area (TPSA) is 93.9 Å². The van der Waals surface area contributed by atoms with Gasteiger partial charge in [0.05, 0.1) is 25.2 Å². The van der Waals surface area contributed by atoms with E-state index in [0.29, 0.717) is 26.3 Å². The van der Waals surface area contributed by atoms with Crippen LogP contribution >= 0.6 is 0 Å². The number of benzene rings is 1. The largest absolute Gasteiger partial charge is 0.490 e. The van der Waals surface area contributed by atoms with Crippen LogP contribution in [-0.2, 0) is 27.9 Å². The predicted octanol–water partition coefficient (Wildman–Crippen LogP) is 2.90. The minimum absolute atomic E-state index is 0.0268. The summed E-state index contributed by atoms with van der Waals surface area (Å²) < 4.78 is 45.1. The van der Waals surface area contributed by atoms with E-state index in [4.69, 9.17) is 19.4 Å². The molecule has 1 aromatic heterocycles. The molecule has 0 spiro atoms. The third kappa shape index (κ3) is 6.71. The van der Waals surface area contributed by atoms with Gasteiger partial charge in [-0.05, 0) is 25.5 Å². The Morgan fingerprint density at radius 3 is 2.53 bits per heavy atom. The summed E-state index contributed by atoms with van der Waals surface area (Å²) >= 11 is 0. The van der Waals surface area contributed by atoms with Crippen LogP contribution in [0.5, 0.6) is 5.75 Å². The molecule has 1 amide bonds. The quantitative estimate of drug-likeness (QED) is 0.717. The van der Waals surface area contributed by atoms with Crippen LogP contribution in [0.3, 0.4) is 0 Å². The number of fused-ring (bicyclic) bond motifs is 1. The van der Waals surface area contributed by atoms with Crippen LogP contribution < -0.4 is 4.74 Å². The van der Waals surface area contributed by atoms with Crippen LogP contribution in [0.4, 0.5) is 13.2 Å². The maximum atomic E-state index is 12.6. The first-order valence-electron chi connectivity index (χ1n) is 9.88. The van der Waals surface area contributed by atoms with Gasteiger partial charge >= 0.3 is 12.1 Å². The van der Waals surface area contributed by atoms with E-state index in [9.17, 15) is 18.0 Å². The Morgan fingerprint density at radius 1 is 1.28 bits per heavy atom. The van der Waals surface area contributed by atoms with Gasteiger partial charge in [-0.25, -0.2) is 9.78 Å². The number of hydrogen-bond donors (Lipinski definition) is 1. The van der Waals surface area contributed by atoms with Gasteiger partial charge in [-0.3, -0.25) is 4.79 Å². The molecule has 0 saturated heterocycles. The van der Waals surface area contributed by atoms with Crippen LogP contribution in [0.25, 0.3) is 0 Å². The monoisotopic (exact) mass is 457 g/mol. The summed E-state index contributed by atoms with van der Waals surface area (Å²) in [6.45, 7) is 6.38. The van der Waals surface area contributed by atoms with Gasteiger partial charge in [0, 0.05) is 31.8 Å². The molecule has 1 aliphatic rings. The second kappa shape index (κ2) is 11.0. The summed E-state index contributed by atoms with van der Waals surface area (Å²) in [5, 5.41) is 7.12. The highest BCUT2D eigenvalue weighted by atomic mass is 19.4. The van der Waals surface area contributed by atoms with Crippen molar-refractivity contribution in [3.63, 3.8) is 0 Å². The molecule has 11 heteroatoms. The standard InChI is InChI=1S/C19H25N3O3.C2HF3O2/c1-4-24-11-15-9-22(10-16-19(15)21(3)13-20-16)18(23)12-25-17-8-6-5-7-14(17)2;3-2(4,5)1(6)7/h5-8,13,15H,4,9-12H2,1-3H3;(H,6,7). The third-order valence-electron chi connectivity index (χ3n) is 4.79. The van der Waals surface area contributed by atoms with E-state index < -0.39 is 12.1 Å². The summed E-state index contributed by atoms with van der Waals surface area (Å²) in [5.74, 6) is -1.90. The van der Waals surface area contributed by atoms with Crippen LogP contribution in [0.15, 0.2) is 30.6 Å². The number of amides is 1. The zero-order chi connectivity index (χ0) is 23.9. The van der Waals surface area contributed by atoms with Crippen molar-refractivity contribution in [1.29, 1.82) is 0 Å². The Balaban J connectivity index is 0.000000451. The smallest absolute Gasteiger partial charge is 0.484 e. The lowest BCUT2D eigenvalue weighted by atomic mass is 9.99. The molecule has 1 unspecified atom stereocenters. The van der Waals surface area contributed by atoms with E-state index in [2.05, 4.69) is 4.98 Å². The number of carbonyl (C=O) groups excluding carboxylic acids is 1. The van der Waals surface area contributed by atoms with Gasteiger partial charge in [0.1, 0.15) is 5.75 Å². The number of aliphatic carboxylic acids is 1. The van der Waals surface area contributed by atoms with Gasteiger partial charge < -0.3 is 24.0 Å².